The van der Waals surface area contributed by atoms with E-state index in [0.717, 1.165) is 62.3 Å². The van der Waals surface area contributed by atoms with Gasteiger partial charge in [-0.2, -0.15) is 0 Å². The summed E-state index contributed by atoms with van der Waals surface area (Å²) in [6.07, 6.45) is 10.7. The summed E-state index contributed by atoms with van der Waals surface area (Å²) in [6, 6.07) is 0.00569. The highest BCUT2D eigenvalue weighted by atomic mass is 16.2. The second-order valence-corrected chi connectivity index (χ2v) is 8.91. The van der Waals surface area contributed by atoms with Crippen molar-refractivity contribution < 1.29 is 9.59 Å². The van der Waals surface area contributed by atoms with Crippen molar-refractivity contribution in [1.82, 2.24) is 19.8 Å². The minimum Gasteiger partial charge on any atom is -0.338 e. The molecule has 0 N–H and O–H groups in total. The lowest BCUT2D eigenvalue weighted by Gasteiger charge is -2.35. The van der Waals surface area contributed by atoms with Gasteiger partial charge in [-0.3, -0.25) is 9.59 Å². The topological polar surface area (TPSA) is 66.4 Å². The first-order valence-electron chi connectivity index (χ1n) is 10.5. The molecule has 0 bridgehead atoms. The zero-order chi connectivity index (χ0) is 18.6. The maximum atomic E-state index is 12.9. The summed E-state index contributed by atoms with van der Waals surface area (Å²) in [5.74, 6) is 1.50. The van der Waals surface area contributed by atoms with Gasteiger partial charge in [0.25, 0.3) is 0 Å². The van der Waals surface area contributed by atoms with Crippen LogP contribution < -0.4 is 0 Å². The van der Waals surface area contributed by atoms with Crippen molar-refractivity contribution >= 4 is 11.8 Å². The Balaban J connectivity index is 1.31. The van der Waals surface area contributed by atoms with Crippen LogP contribution in [0.2, 0.25) is 0 Å². The Bertz CT molecular complexity index is 788. The Labute approximate surface area is 160 Å². The summed E-state index contributed by atoms with van der Waals surface area (Å²) in [4.78, 5) is 38.2. The van der Waals surface area contributed by atoms with Crippen molar-refractivity contribution in [3.63, 3.8) is 0 Å². The van der Waals surface area contributed by atoms with E-state index in [2.05, 4.69) is 4.98 Å². The highest BCUT2D eigenvalue weighted by Crippen LogP contribution is 2.66. The van der Waals surface area contributed by atoms with E-state index in [1.165, 1.54) is 19.3 Å². The number of rotatable bonds is 2. The van der Waals surface area contributed by atoms with Crippen molar-refractivity contribution in [3.8, 4) is 0 Å². The van der Waals surface area contributed by atoms with Crippen LogP contribution in [0.15, 0.2) is 6.20 Å². The van der Waals surface area contributed by atoms with Gasteiger partial charge < -0.3 is 9.80 Å². The average Bonchev–Trinajstić information content (AvgIpc) is 3.43. The van der Waals surface area contributed by atoms with Crippen LogP contribution >= 0.6 is 0 Å². The fraction of sp³-hybridized carbons (Fsp3) is 0.714. The second-order valence-electron chi connectivity index (χ2n) is 8.91. The number of nitrogens with zero attached hydrogens (tertiary/aromatic N) is 4. The van der Waals surface area contributed by atoms with Gasteiger partial charge in [0, 0.05) is 50.7 Å². The molecule has 2 aliphatic heterocycles. The number of carbonyl (C=O) groups is 2. The number of hydrogen-bond donors (Lipinski definition) is 0. The molecule has 4 aliphatic rings. The molecule has 27 heavy (non-hydrogen) atoms. The monoisotopic (exact) mass is 368 g/mol. The maximum absolute atomic E-state index is 12.9. The predicted octanol–water partition coefficient (Wildman–Crippen LogP) is 2.63. The first-order chi connectivity index (χ1) is 13.1. The van der Waals surface area contributed by atoms with Crippen molar-refractivity contribution in [2.45, 2.75) is 70.9 Å². The van der Waals surface area contributed by atoms with E-state index in [0.29, 0.717) is 17.9 Å². The van der Waals surface area contributed by atoms with Crippen LogP contribution in [-0.4, -0.2) is 44.7 Å². The Hall–Kier alpha value is -1.98. The Morgan fingerprint density at radius 1 is 1.19 bits per heavy atom. The molecule has 2 aliphatic carbocycles. The molecular weight excluding hydrogens is 340 g/mol. The summed E-state index contributed by atoms with van der Waals surface area (Å²) in [5, 5.41) is 0. The van der Waals surface area contributed by atoms with Crippen molar-refractivity contribution in [2.24, 2.45) is 11.3 Å². The van der Waals surface area contributed by atoms with Gasteiger partial charge in [0.05, 0.1) is 11.7 Å². The zero-order valence-corrected chi connectivity index (χ0v) is 16.1. The fourth-order valence-corrected chi connectivity index (χ4v) is 5.36. The van der Waals surface area contributed by atoms with Gasteiger partial charge in [-0.25, -0.2) is 9.97 Å². The van der Waals surface area contributed by atoms with E-state index in [1.54, 1.807) is 6.92 Å². The van der Waals surface area contributed by atoms with Gasteiger partial charge in [-0.15, -0.1) is 0 Å². The molecule has 2 saturated carbocycles. The van der Waals surface area contributed by atoms with Crippen LogP contribution in [0, 0.1) is 11.3 Å². The largest absolute Gasteiger partial charge is 0.338 e. The van der Waals surface area contributed by atoms with Gasteiger partial charge >= 0.3 is 0 Å². The molecule has 1 saturated heterocycles. The lowest BCUT2D eigenvalue weighted by molar-refractivity contribution is -0.135. The second kappa shape index (κ2) is 6.28. The molecule has 2 unspecified atom stereocenters. The highest BCUT2D eigenvalue weighted by molar-refractivity contribution is 5.83. The quantitative estimate of drug-likeness (QED) is 0.805. The molecule has 2 amide bonds. The first-order valence-corrected chi connectivity index (χ1v) is 10.5. The summed E-state index contributed by atoms with van der Waals surface area (Å²) >= 11 is 0. The lowest BCUT2D eigenvalue weighted by atomic mass is 9.79. The number of aromatic nitrogens is 2. The molecule has 1 aromatic rings. The number of hydrogen-bond acceptors (Lipinski definition) is 4. The number of fused-ring (bicyclic) bond motifs is 1. The van der Waals surface area contributed by atoms with Crippen LogP contribution in [0.1, 0.15) is 75.0 Å². The molecule has 1 spiro atoms. The smallest absolute Gasteiger partial charge is 0.226 e. The predicted molar refractivity (Wildman–Crippen MR) is 99.5 cm³/mol. The lowest BCUT2D eigenvalue weighted by Crippen LogP contribution is -2.40. The number of piperidine rings is 1. The van der Waals surface area contributed by atoms with Crippen molar-refractivity contribution in [3.05, 3.63) is 23.3 Å². The normalized spacial score (nSPS) is 28.5. The standard InChI is InChI=1S/C21H28N4O2/c1-14(26)25-9-3-2-5-18(25)19-22-12-15-13-24(10-6-17(15)23-19)20(27)16-11-21(16)7-4-8-21/h12,16,18H,2-11,13H2,1H3. The third-order valence-corrected chi connectivity index (χ3v) is 7.31. The number of amides is 2. The van der Waals surface area contributed by atoms with Gasteiger partial charge in [-0.1, -0.05) is 6.42 Å². The Kier molecular flexibility index (Phi) is 3.99. The van der Waals surface area contributed by atoms with Crippen LogP contribution in [0.3, 0.4) is 0 Å². The molecule has 144 valence electrons. The number of carbonyl (C=O) groups excluding carboxylic acids is 2. The van der Waals surface area contributed by atoms with Crippen molar-refractivity contribution in [2.75, 3.05) is 13.1 Å². The molecule has 6 heteroatoms. The first kappa shape index (κ1) is 17.1. The third-order valence-electron chi connectivity index (χ3n) is 7.31. The van der Waals surface area contributed by atoms with Crippen LogP contribution in [0.5, 0.6) is 0 Å². The molecule has 1 aromatic heterocycles. The Morgan fingerprint density at radius 3 is 2.74 bits per heavy atom. The highest BCUT2D eigenvalue weighted by Gasteiger charge is 2.61. The zero-order valence-electron chi connectivity index (χ0n) is 16.1. The van der Waals surface area contributed by atoms with E-state index in [-0.39, 0.29) is 17.9 Å². The van der Waals surface area contributed by atoms with Crippen molar-refractivity contribution in [1.29, 1.82) is 0 Å². The molecule has 0 radical (unpaired) electrons. The number of likely N-dealkylation sites (tertiary alicyclic amines) is 1. The van der Waals surface area contributed by atoms with Gasteiger partial charge in [0.1, 0.15) is 0 Å². The van der Waals surface area contributed by atoms with Gasteiger partial charge in [0.2, 0.25) is 11.8 Å². The molecule has 3 fully saturated rings. The molecular formula is C21H28N4O2. The summed E-state index contributed by atoms with van der Waals surface area (Å²) in [7, 11) is 0. The van der Waals surface area contributed by atoms with E-state index in [9.17, 15) is 9.59 Å². The van der Waals surface area contributed by atoms with E-state index < -0.39 is 0 Å². The maximum Gasteiger partial charge on any atom is 0.226 e. The summed E-state index contributed by atoms with van der Waals surface area (Å²) in [6.45, 7) is 3.83. The van der Waals surface area contributed by atoms with Gasteiger partial charge in [0.15, 0.2) is 5.82 Å². The SMILES string of the molecule is CC(=O)N1CCCCC1c1ncc2c(n1)CCN(C(=O)C1CC13CCC3)C2. The van der Waals surface area contributed by atoms with E-state index in [4.69, 9.17) is 4.98 Å². The minimum absolute atomic E-state index is 0.00569. The van der Waals surface area contributed by atoms with Crippen LogP contribution in [0.4, 0.5) is 0 Å². The Morgan fingerprint density at radius 2 is 2.04 bits per heavy atom. The molecule has 0 aromatic carbocycles. The molecule has 2 atom stereocenters. The molecule has 6 nitrogen and oxygen atoms in total. The minimum atomic E-state index is 0.00569. The average molecular weight is 368 g/mol. The van der Waals surface area contributed by atoms with Gasteiger partial charge in [-0.05, 0) is 43.9 Å². The molecule has 5 rings (SSSR count). The summed E-state index contributed by atoms with van der Waals surface area (Å²) in [5.41, 5.74) is 2.52. The third kappa shape index (κ3) is 2.84. The fourth-order valence-electron chi connectivity index (χ4n) is 5.36. The molecule has 3 heterocycles. The van der Waals surface area contributed by atoms with E-state index >= 15 is 0 Å². The van der Waals surface area contributed by atoms with Crippen LogP contribution in [0.25, 0.3) is 0 Å². The summed E-state index contributed by atoms with van der Waals surface area (Å²) < 4.78 is 0. The van der Waals surface area contributed by atoms with E-state index in [1.807, 2.05) is 16.0 Å². The van der Waals surface area contributed by atoms with Crippen LogP contribution in [-0.2, 0) is 22.6 Å².